The van der Waals surface area contributed by atoms with Gasteiger partial charge in [-0.15, -0.1) is 0 Å². The van der Waals surface area contributed by atoms with Crippen LogP contribution in [0.4, 0.5) is 4.39 Å². The number of aliphatic hydroxyl groups excluding tert-OH is 1. The fraction of sp³-hybridized carbons (Fsp3) is 0.429. The Morgan fingerprint density at radius 3 is 3.05 bits per heavy atom. The summed E-state index contributed by atoms with van der Waals surface area (Å²) in [6.07, 6.45) is -1.15. The summed E-state index contributed by atoms with van der Waals surface area (Å²) in [6, 6.07) is 5.96. The van der Waals surface area contributed by atoms with Crippen molar-refractivity contribution in [3.05, 3.63) is 35.8 Å². The number of rotatable bonds is 2. The van der Waals surface area contributed by atoms with Crippen LogP contribution in [-0.4, -0.2) is 42.9 Å². The van der Waals surface area contributed by atoms with Crippen LogP contribution in [0.15, 0.2) is 28.7 Å². The van der Waals surface area contributed by atoms with Gasteiger partial charge < -0.3 is 19.2 Å². The zero-order valence-electron chi connectivity index (χ0n) is 10.7. The zero-order chi connectivity index (χ0) is 13.4. The van der Waals surface area contributed by atoms with Crippen molar-refractivity contribution in [2.45, 2.75) is 12.2 Å². The third-order valence-electron chi connectivity index (χ3n) is 3.44. The van der Waals surface area contributed by atoms with Crippen LogP contribution < -0.4 is 0 Å². The molecule has 0 aliphatic carbocycles. The summed E-state index contributed by atoms with van der Waals surface area (Å²) in [6.45, 7) is 2.09. The lowest BCUT2D eigenvalue weighted by molar-refractivity contribution is -0.0898. The SMILES string of the molecule is CN1CCOC(C(O)c2cc3cc(F)ccc3o2)C1. The first-order chi connectivity index (χ1) is 9.13. The average molecular weight is 265 g/mol. The van der Waals surface area contributed by atoms with Crippen LogP contribution in [0, 0.1) is 5.82 Å². The Balaban J connectivity index is 1.86. The van der Waals surface area contributed by atoms with E-state index in [9.17, 15) is 9.50 Å². The molecular weight excluding hydrogens is 249 g/mol. The van der Waals surface area contributed by atoms with Crippen molar-refractivity contribution in [2.24, 2.45) is 0 Å². The molecule has 2 heterocycles. The minimum atomic E-state index is -0.835. The molecule has 2 unspecified atom stereocenters. The van der Waals surface area contributed by atoms with E-state index in [-0.39, 0.29) is 11.9 Å². The molecule has 2 aromatic rings. The van der Waals surface area contributed by atoms with Gasteiger partial charge in [-0.1, -0.05) is 0 Å². The Morgan fingerprint density at radius 1 is 1.42 bits per heavy atom. The molecule has 1 aromatic carbocycles. The Bertz CT molecular complexity index is 583. The zero-order valence-corrected chi connectivity index (χ0v) is 10.7. The molecule has 1 fully saturated rings. The van der Waals surface area contributed by atoms with Crippen molar-refractivity contribution in [3.8, 4) is 0 Å². The predicted molar refractivity (Wildman–Crippen MR) is 68.4 cm³/mol. The molecule has 4 nitrogen and oxygen atoms in total. The van der Waals surface area contributed by atoms with Crippen LogP contribution in [0.3, 0.4) is 0 Å². The van der Waals surface area contributed by atoms with Crippen LogP contribution >= 0.6 is 0 Å². The normalized spacial score (nSPS) is 22.8. The number of fused-ring (bicyclic) bond motifs is 1. The quantitative estimate of drug-likeness (QED) is 0.901. The topological polar surface area (TPSA) is 45.8 Å². The number of hydrogen-bond donors (Lipinski definition) is 1. The van der Waals surface area contributed by atoms with Gasteiger partial charge in [0.05, 0.1) is 6.61 Å². The van der Waals surface area contributed by atoms with E-state index in [0.29, 0.717) is 29.9 Å². The van der Waals surface area contributed by atoms with Gasteiger partial charge >= 0.3 is 0 Å². The van der Waals surface area contributed by atoms with E-state index in [2.05, 4.69) is 4.90 Å². The van der Waals surface area contributed by atoms with Crippen molar-refractivity contribution in [3.63, 3.8) is 0 Å². The highest BCUT2D eigenvalue weighted by Crippen LogP contribution is 2.28. The van der Waals surface area contributed by atoms with Gasteiger partial charge in [0.15, 0.2) is 0 Å². The third kappa shape index (κ3) is 2.49. The Labute approximate surface area is 110 Å². The lowest BCUT2D eigenvalue weighted by Gasteiger charge is -2.32. The molecule has 0 amide bonds. The summed E-state index contributed by atoms with van der Waals surface area (Å²) >= 11 is 0. The van der Waals surface area contributed by atoms with Gasteiger partial charge in [0.25, 0.3) is 0 Å². The molecule has 1 N–H and O–H groups in total. The van der Waals surface area contributed by atoms with Gasteiger partial charge in [-0.05, 0) is 31.3 Å². The molecule has 5 heteroatoms. The molecule has 19 heavy (non-hydrogen) atoms. The van der Waals surface area contributed by atoms with Crippen LogP contribution in [0.25, 0.3) is 11.0 Å². The van der Waals surface area contributed by atoms with E-state index in [1.165, 1.54) is 12.1 Å². The molecule has 0 radical (unpaired) electrons. The molecule has 0 spiro atoms. The first-order valence-corrected chi connectivity index (χ1v) is 6.31. The van der Waals surface area contributed by atoms with Gasteiger partial charge in [-0.3, -0.25) is 0 Å². The monoisotopic (exact) mass is 265 g/mol. The largest absolute Gasteiger partial charge is 0.458 e. The van der Waals surface area contributed by atoms with Crippen LogP contribution in [-0.2, 0) is 4.74 Å². The number of ether oxygens (including phenoxy) is 1. The van der Waals surface area contributed by atoms with Crippen LogP contribution in [0.5, 0.6) is 0 Å². The number of furan rings is 1. The summed E-state index contributed by atoms with van der Waals surface area (Å²) in [5.74, 6) is 0.101. The predicted octanol–water partition coefficient (Wildman–Crippen LogP) is 1.94. The Kier molecular flexibility index (Phi) is 3.26. The number of benzene rings is 1. The molecular formula is C14H16FNO3. The average Bonchev–Trinajstić information content (AvgIpc) is 2.80. The van der Waals surface area contributed by atoms with Gasteiger partial charge in [0.1, 0.15) is 29.4 Å². The highest BCUT2D eigenvalue weighted by molar-refractivity contribution is 5.77. The van der Waals surface area contributed by atoms with Crippen molar-refractivity contribution < 1.29 is 18.7 Å². The lowest BCUT2D eigenvalue weighted by Crippen LogP contribution is -2.42. The fourth-order valence-electron chi connectivity index (χ4n) is 2.37. The Hall–Kier alpha value is -1.43. The maximum Gasteiger partial charge on any atom is 0.139 e. The molecule has 1 saturated heterocycles. The highest BCUT2D eigenvalue weighted by atomic mass is 19.1. The van der Waals surface area contributed by atoms with Crippen molar-refractivity contribution >= 4 is 11.0 Å². The van der Waals surface area contributed by atoms with E-state index in [4.69, 9.17) is 9.15 Å². The van der Waals surface area contributed by atoms with Crippen LogP contribution in [0.2, 0.25) is 0 Å². The smallest absolute Gasteiger partial charge is 0.139 e. The molecule has 0 saturated carbocycles. The molecule has 1 aliphatic rings. The van der Waals surface area contributed by atoms with Gasteiger partial charge in [0.2, 0.25) is 0 Å². The molecule has 3 rings (SSSR count). The maximum absolute atomic E-state index is 13.1. The summed E-state index contributed by atoms with van der Waals surface area (Å²) in [5, 5.41) is 10.9. The van der Waals surface area contributed by atoms with E-state index < -0.39 is 6.10 Å². The number of halogens is 1. The fourth-order valence-corrected chi connectivity index (χ4v) is 2.37. The first-order valence-electron chi connectivity index (χ1n) is 6.31. The van der Waals surface area contributed by atoms with Crippen LogP contribution in [0.1, 0.15) is 11.9 Å². The number of morpholine rings is 1. The van der Waals surface area contributed by atoms with E-state index in [0.717, 1.165) is 6.54 Å². The summed E-state index contributed by atoms with van der Waals surface area (Å²) < 4.78 is 24.2. The molecule has 102 valence electrons. The van der Waals surface area contributed by atoms with Crippen molar-refractivity contribution in [1.82, 2.24) is 4.90 Å². The summed E-state index contributed by atoms with van der Waals surface area (Å²) in [5.41, 5.74) is 0.569. The second-order valence-corrected chi connectivity index (χ2v) is 4.95. The van der Waals surface area contributed by atoms with E-state index in [1.54, 1.807) is 12.1 Å². The first kappa shape index (κ1) is 12.6. The molecule has 1 aliphatic heterocycles. The number of nitrogens with zero attached hydrogens (tertiary/aromatic N) is 1. The van der Waals surface area contributed by atoms with E-state index in [1.807, 2.05) is 7.05 Å². The number of hydrogen-bond acceptors (Lipinski definition) is 4. The molecule has 1 aromatic heterocycles. The van der Waals surface area contributed by atoms with Gasteiger partial charge in [0, 0.05) is 18.5 Å². The third-order valence-corrected chi connectivity index (χ3v) is 3.44. The van der Waals surface area contributed by atoms with Gasteiger partial charge in [-0.25, -0.2) is 4.39 Å². The second kappa shape index (κ2) is 4.92. The standard InChI is InChI=1S/C14H16FNO3/c1-16-4-5-18-13(8-16)14(17)12-7-9-6-10(15)2-3-11(9)19-12/h2-3,6-7,13-14,17H,4-5,8H2,1H3. The minimum Gasteiger partial charge on any atom is -0.458 e. The van der Waals surface area contributed by atoms with Crippen molar-refractivity contribution in [2.75, 3.05) is 26.7 Å². The minimum absolute atomic E-state index is 0.316. The van der Waals surface area contributed by atoms with E-state index >= 15 is 0 Å². The molecule has 2 atom stereocenters. The Morgan fingerprint density at radius 2 is 2.26 bits per heavy atom. The summed E-state index contributed by atoms with van der Waals surface area (Å²) in [7, 11) is 1.98. The number of aliphatic hydroxyl groups is 1. The van der Waals surface area contributed by atoms with Crippen molar-refractivity contribution in [1.29, 1.82) is 0 Å². The van der Waals surface area contributed by atoms with Gasteiger partial charge in [-0.2, -0.15) is 0 Å². The summed E-state index contributed by atoms with van der Waals surface area (Å²) in [4.78, 5) is 2.10. The maximum atomic E-state index is 13.1. The highest BCUT2D eigenvalue weighted by Gasteiger charge is 2.28. The lowest BCUT2D eigenvalue weighted by atomic mass is 10.1. The number of likely N-dealkylation sites (N-methyl/N-ethyl adjacent to an activating group) is 1. The molecule has 0 bridgehead atoms. The second-order valence-electron chi connectivity index (χ2n) is 4.95.